The van der Waals surface area contributed by atoms with Gasteiger partial charge in [-0.2, -0.15) is 0 Å². The average molecular weight is 457 g/mol. The van der Waals surface area contributed by atoms with Crippen molar-refractivity contribution in [3.63, 3.8) is 0 Å². The summed E-state index contributed by atoms with van der Waals surface area (Å²) < 4.78 is 0. The summed E-state index contributed by atoms with van der Waals surface area (Å²) in [5.41, 5.74) is 11.0. The molecule has 0 aliphatic heterocycles. The lowest BCUT2D eigenvalue weighted by Gasteiger charge is -2.39. The zero-order chi connectivity index (χ0) is 24.0. The molecule has 0 heteroatoms. The normalized spacial score (nSPS) is 17.1. The number of hydrogen-bond acceptors (Lipinski definition) is 0. The number of benzene rings is 2. The third-order valence-electron chi connectivity index (χ3n) is 8.66. The van der Waals surface area contributed by atoms with Crippen LogP contribution in [0.15, 0.2) is 42.5 Å². The van der Waals surface area contributed by atoms with Crippen molar-refractivity contribution < 1.29 is 0 Å². The first-order valence-corrected chi connectivity index (χ1v) is 14.6. The first-order valence-electron chi connectivity index (χ1n) is 14.6. The standard InChI is InChI=1S/C34H48/c1-5-7-9-11-13-15-22-34(23-16-14-12-10-8-6-2)24-21-30-31-25-26(3)17-19-28(31)29-20-18-27(4)33(34)32(29)30/h17-21,24-25,30H,5-16,22-23H2,1-4H3. The first kappa shape index (κ1) is 25.3. The number of fused-ring (bicyclic) bond motifs is 3. The summed E-state index contributed by atoms with van der Waals surface area (Å²) >= 11 is 0. The van der Waals surface area contributed by atoms with E-state index >= 15 is 0 Å². The van der Waals surface area contributed by atoms with Crippen molar-refractivity contribution in [3.05, 3.63) is 70.3 Å². The second kappa shape index (κ2) is 11.7. The van der Waals surface area contributed by atoms with E-state index in [0.29, 0.717) is 5.92 Å². The molecule has 0 bridgehead atoms. The molecule has 2 aromatic rings. The Labute approximate surface area is 210 Å². The fraction of sp³-hybridized carbons (Fsp3) is 0.588. The van der Waals surface area contributed by atoms with E-state index in [9.17, 15) is 0 Å². The highest BCUT2D eigenvalue weighted by molar-refractivity contribution is 5.83. The van der Waals surface area contributed by atoms with Gasteiger partial charge in [0.15, 0.2) is 0 Å². The van der Waals surface area contributed by atoms with Crippen molar-refractivity contribution >= 4 is 0 Å². The SMILES string of the molecule is CCCCCCCCC1(CCCCCCCC)C=CC2c3cc(C)ccc3-c3ccc(C)c1c32. The maximum absolute atomic E-state index is 2.69. The van der Waals surface area contributed by atoms with Gasteiger partial charge in [0.2, 0.25) is 0 Å². The molecule has 1 unspecified atom stereocenters. The molecule has 34 heavy (non-hydrogen) atoms. The highest BCUT2D eigenvalue weighted by Crippen LogP contribution is 2.55. The number of aryl methyl sites for hydroxylation is 2. The Bertz CT molecular complexity index is 960. The van der Waals surface area contributed by atoms with E-state index in [-0.39, 0.29) is 5.41 Å². The lowest BCUT2D eigenvalue weighted by atomic mass is 9.64. The molecule has 0 radical (unpaired) electrons. The maximum Gasteiger partial charge on any atom is 0.0285 e. The van der Waals surface area contributed by atoms with E-state index in [0.717, 1.165) is 0 Å². The van der Waals surface area contributed by atoms with Crippen LogP contribution in [0.2, 0.25) is 0 Å². The van der Waals surface area contributed by atoms with Crippen LogP contribution < -0.4 is 0 Å². The molecule has 0 fully saturated rings. The second-order valence-corrected chi connectivity index (χ2v) is 11.3. The van der Waals surface area contributed by atoms with Gasteiger partial charge < -0.3 is 0 Å². The highest BCUT2D eigenvalue weighted by Gasteiger charge is 2.41. The van der Waals surface area contributed by atoms with E-state index in [1.165, 1.54) is 118 Å². The van der Waals surface area contributed by atoms with Crippen molar-refractivity contribution in [2.75, 3.05) is 0 Å². The molecular weight excluding hydrogens is 408 g/mol. The topological polar surface area (TPSA) is 0 Å². The van der Waals surface area contributed by atoms with Crippen molar-refractivity contribution in [1.82, 2.24) is 0 Å². The maximum atomic E-state index is 2.69. The molecular formula is C34H48. The first-order chi connectivity index (χ1) is 16.6. The van der Waals surface area contributed by atoms with Crippen molar-refractivity contribution in [2.45, 2.75) is 129 Å². The smallest absolute Gasteiger partial charge is 0.0285 e. The molecule has 0 saturated heterocycles. The Morgan fingerprint density at radius 1 is 0.676 bits per heavy atom. The van der Waals surface area contributed by atoms with E-state index in [1.807, 2.05) is 0 Å². The van der Waals surface area contributed by atoms with Crippen molar-refractivity contribution in [2.24, 2.45) is 0 Å². The predicted molar refractivity (Wildman–Crippen MR) is 150 cm³/mol. The van der Waals surface area contributed by atoms with Gasteiger partial charge in [-0.05, 0) is 60.1 Å². The Morgan fingerprint density at radius 3 is 1.91 bits per heavy atom. The highest BCUT2D eigenvalue weighted by atomic mass is 14.4. The van der Waals surface area contributed by atoms with Gasteiger partial charge in [-0.1, -0.05) is 139 Å². The van der Waals surface area contributed by atoms with E-state index in [1.54, 1.807) is 11.1 Å². The molecule has 2 aliphatic carbocycles. The van der Waals surface area contributed by atoms with Crippen LogP contribution in [0.3, 0.4) is 0 Å². The van der Waals surface area contributed by atoms with Crippen LogP contribution in [0.4, 0.5) is 0 Å². The summed E-state index contributed by atoms with van der Waals surface area (Å²) in [4.78, 5) is 0. The Morgan fingerprint density at radius 2 is 1.26 bits per heavy atom. The molecule has 0 heterocycles. The lowest BCUT2D eigenvalue weighted by molar-refractivity contribution is 0.393. The van der Waals surface area contributed by atoms with E-state index in [4.69, 9.17) is 0 Å². The molecule has 184 valence electrons. The Balaban J connectivity index is 1.61. The van der Waals surface area contributed by atoms with Crippen LogP contribution in [0.25, 0.3) is 11.1 Å². The van der Waals surface area contributed by atoms with Gasteiger partial charge in [-0.3, -0.25) is 0 Å². The van der Waals surface area contributed by atoms with Crippen LogP contribution in [0.1, 0.15) is 137 Å². The number of allylic oxidation sites excluding steroid dienone is 2. The molecule has 0 N–H and O–H groups in total. The minimum atomic E-state index is 0.235. The third-order valence-corrected chi connectivity index (χ3v) is 8.66. The molecule has 2 aliphatic rings. The minimum Gasteiger partial charge on any atom is -0.0770 e. The minimum absolute atomic E-state index is 0.235. The van der Waals surface area contributed by atoms with Crippen LogP contribution in [0.5, 0.6) is 0 Å². The summed E-state index contributed by atoms with van der Waals surface area (Å²) in [6.45, 7) is 9.26. The number of rotatable bonds is 14. The zero-order valence-electron chi connectivity index (χ0n) is 22.5. The zero-order valence-corrected chi connectivity index (χ0v) is 22.5. The largest absolute Gasteiger partial charge is 0.0770 e. The molecule has 2 aromatic carbocycles. The van der Waals surface area contributed by atoms with Gasteiger partial charge in [0, 0.05) is 11.3 Å². The van der Waals surface area contributed by atoms with Crippen LogP contribution >= 0.6 is 0 Å². The van der Waals surface area contributed by atoms with Gasteiger partial charge >= 0.3 is 0 Å². The fourth-order valence-corrected chi connectivity index (χ4v) is 6.83. The van der Waals surface area contributed by atoms with Crippen molar-refractivity contribution in [1.29, 1.82) is 0 Å². The number of hydrogen-bond donors (Lipinski definition) is 0. The van der Waals surface area contributed by atoms with Gasteiger partial charge in [-0.25, -0.2) is 0 Å². The monoisotopic (exact) mass is 456 g/mol. The van der Waals surface area contributed by atoms with Crippen LogP contribution in [-0.4, -0.2) is 0 Å². The summed E-state index contributed by atoms with van der Waals surface area (Å²) in [6, 6.07) is 12.0. The predicted octanol–water partition coefficient (Wildman–Crippen LogP) is 10.7. The van der Waals surface area contributed by atoms with E-state index < -0.39 is 0 Å². The number of unbranched alkanes of at least 4 members (excludes halogenated alkanes) is 10. The summed E-state index contributed by atoms with van der Waals surface area (Å²) in [5, 5.41) is 0. The Hall–Kier alpha value is -1.82. The van der Waals surface area contributed by atoms with Gasteiger partial charge in [0.1, 0.15) is 0 Å². The van der Waals surface area contributed by atoms with Crippen molar-refractivity contribution in [3.8, 4) is 11.1 Å². The lowest BCUT2D eigenvalue weighted by Crippen LogP contribution is -2.30. The molecule has 0 saturated carbocycles. The van der Waals surface area contributed by atoms with Gasteiger partial charge in [0.25, 0.3) is 0 Å². The van der Waals surface area contributed by atoms with E-state index in [2.05, 4.69) is 70.2 Å². The van der Waals surface area contributed by atoms with Crippen LogP contribution in [-0.2, 0) is 5.41 Å². The molecule has 1 atom stereocenters. The molecule has 0 nitrogen and oxygen atoms in total. The van der Waals surface area contributed by atoms with Gasteiger partial charge in [-0.15, -0.1) is 0 Å². The van der Waals surface area contributed by atoms with Crippen LogP contribution in [0, 0.1) is 13.8 Å². The molecule has 0 aromatic heterocycles. The molecule has 0 spiro atoms. The fourth-order valence-electron chi connectivity index (χ4n) is 6.83. The summed E-state index contributed by atoms with van der Waals surface area (Å²) in [5.74, 6) is 0.460. The quantitative estimate of drug-likeness (QED) is 0.196. The average Bonchev–Trinajstić information content (AvgIpc) is 3.15. The summed E-state index contributed by atoms with van der Waals surface area (Å²) in [7, 11) is 0. The second-order valence-electron chi connectivity index (χ2n) is 11.3. The Kier molecular flexibility index (Phi) is 8.73. The summed E-state index contributed by atoms with van der Waals surface area (Å²) in [6.07, 6.45) is 24.5. The van der Waals surface area contributed by atoms with Gasteiger partial charge in [0.05, 0.1) is 0 Å². The third kappa shape index (κ3) is 5.22. The molecule has 4 rings (SSSR count). The molecule has 0 amide bonds.